The maximum atomic E-state index is 12.8. The molecule has 2 amide bonds. The molecule has 144 valence electrons. The smallest absolute Gasteiger partial charge is 0.309 e. The lowest BCUT2D eigenvalue weighted by molar-refractivity contribution is -0.139. The largest absolute Gasteiger partial charge is 0.387 e. The van der Waals surface area contributed by atoms with Crippen molar-refractivity contribution in [3.05, 3.63) is 82.3 Å². The number of thiophene rings is 1. The molecule has 28 heavy (non-hydrogen) atoms. The van der Waals surface area contributed by atoms with E-state index in [1.165, 1.54) is 24.3 Å². The Balaban J connectivity index is 1.46. The number of rotatable bonds is 6. The molecule has 0 aliphatic rings. The third-order valence-corrected chi connectivity index (χ3v) is 4.86. The summed E-state index contributed by atoms with van der Waals surface area (Å²) in [5.74, 6) is -2.02. The van der Waals surface area contributed by atoms with Crippen LogP contribution >= 0.6 is 11.3 Å². The van der Waals surface area contributed by atoms with Crippen molar-refractivity contribution in [2.75, 3.05) is 6.54 Å². The molecule has 5 nitrogen and oxygen atoms in total. The zero-order chi connectivity index (χ0) is 19.9. The molecule has 0 saturated carbocycles. The lowest BCUT2D eigenvalue weighted by Gasteiger charge is -2.13. The van der Waals surface area contributed by atoms with E-state index in [4.69, 9.17) is 0 Å². The van der Waals surface area contributed by atoms with Gasteiger partial charge in [0.15, 0.2) is 0 Å². The van der Waals surface area contributed by atoms with Crippen LogP contribution in [-0.4, -0.2) is 23.5 Å². The summed E-state index contributed by atoms with van der Waals surface area (Å²) >= 11 is 1.61. The molecule has 0 fully saturated rings. The molecule has 0 aliphatic heterocycles. The van der Waals surface area contributed by atoms with Crippen molar-refractivity contribution in [1.29, 1.82) is 0 Å². The third-order valence-electron chi connectivity index (χ3n) is 4.18. The lowest BCUT2D eigenvalue weighted by Crippen LogP contribution is -2.41. The molecule has 0 radical (unpaired) electrons. The zero-order valence-electron chi connectivity index (χ0n) is 14.9. The summed E-state index contributed by atoms with van der Waals surface area (Å²) in [6.45, 7) is 0.0275. The number of hydrogen-bond acceptors (Lipinski definition) is 4. The van der Waals surface area contributed by atoms with Crippen LogP contribution in [0.3, 0.4) is 0 Å². The van der Waals surface area contributed by atoms with Gasteiger partial charge in [0.2, 0.25) is 0 Å². The van der Waals surface area contributed by atoms with Gasteiger partial charge in [-0.15, -0.1) is 0 Å². The number of carbonyl (C=O) groups excluding carboxylic acids is 2. The van der Waals surface area contributed by atoms with Crippen molar-refractivity contribution in [2.24, 2.45) is 0 Å². The van der Waals surface area contributed by atoms with Gasteiger partial charge in [0.1, 0.15) is 5.82 Å². The number of aliphatic hydroxyl groups excluding tert-OH is 1. The van der Waals surface area contributed by atoms with Crippen molar-refractivity contribution in [2.45, 2.75) is 12.6 Å². The number of carbonyl (C=O) groups is 2. The summed E-state index contributed by atoms with van der Waals surface area (Å²) in [7, 11) is 0. The standard InChI is InChI=1S/C21H19FN2O3S/c22-18-7-1-14(2-8-18)11-23-20(26)21(27)24-12-19(25)16-5-3-15(4-6-16)17-9-10-28-13-17/h1-10,13,19,25H,11-12H2,(H,23,26)(H,24,27). The van der Waals surface area contributed by atoms with Crippen LogP contribution in [0.4, 0.5) is 4.39 Å². The SMILES string of the molecule is O=C(NCc1ccc(F)cc1)C(=O)NCC(O)c1ccc(-c2ccsc2)cc1. The summed E-state index contributed by atoms with van der Waals surface area (Å²) in [6.07, 6.45) is -0.926. The summed E-state index contributed by atoms with van der Waals surface area (Å²) < 4.78 is 12.8. The maximum absolute atomic E-state index is 12.8. The van der Waals surface area contributed by atoms with Gasteiger partial charge in [0, 0.05) is 13.1 Å². The molecule has 1 heterocycles. The maximum Gasteiger partial charge on any atom is 0.309 e. The topological polar surface area (TPSA) is 78.4 Å². The first kappa shape index (κ1) is 19.7. The number of hydrogen-bond donors (Lipinski definition) is 3. The highest BCUT2D eigenvalue weighted by Crippen LogP contribution is 2.23. The van der Waals surface area contributed by atoms with Crippen LogP contribution in [0.1, 0.15) is 17.2 Å². The van der Waals surface area contributed by atoms with Crippen molar-refractivity contribution < 1.29 is 19.1 Å². The van der Waals surface area contributed by atoms with Crippen LogP contribution in [0.2, 0.25) is 0 Å². The fraction of sp³-hybridized carbons (Fsp3) is 0.143. The number of nitrogens with one attached hydrogen (secondary N) is 2. The molecular formula is C21H19FN2O3S. The van der Waals surface area contributed by atoms with E-state index in [0.29, 0.717) is 11.1 Å². The molecule has 3 N–H and O–H groups in total. The molecular weight excluding hydrogens is 379 g/mol. The number of amides is 2. The van der Waals surface area contributed by atoms with Gasteiger partial charge in [-0.25, -0.2) is 4.39 Å². The van der Waals surface area contributed by atoms with E-state index < -0.39 is 17.9 Å². The molecule has 1 unspecified atom stereocenters. The first-order valence-electron chi connectivity index (χ1n) is 8.64. The lowest BCUT2D eigenvalue weighted by atomic mass is 10.0. The quantitative estimate of drug-likeness (QED) is 0.559. The Morgan fingerprint density at radius 1 is 0.929 bits per heavy atom. The average molecular weight is 398 g/mol. The Morgan fingerprint density at radius 3 is 2.25 bits per heavy atom. The van der Waals surface area contributed by atoms with Gasteiger partial charge in [-0.05, 0) is 51.2 Å². The van der Waals surface area contributed by atoms with Crippen LogP contribution < -0.4 is 10.6 Å². The zero-order valence-corrected chi connectivity index (χ0v) is 15.7. The van der Waals surface area contributed by atoms with E-state index in [0.717, 1.165) is 11.1 Å². The minimum absolute atomic E-state index is 0.0827. The molecule has 0 bridgehead atoms. The minimum atomic E-state index is -0.926. The molecule has 1 aromatic heterocycles. The van der Waals surface area contributed by atoms with Crippen molar-refractivity contribution >= 4 is 23.2 Å². The molecule has 3 rings (SSSR count). The number of benzene rings is 2. The Labute approximate surface area is 165 Å². The summed E-state index contributed by atoms with van der Waals surface area (Å²) in [4.78, 5) is 23.7. The van der Waals surface area contributed by atoms with Crippen LogP contribution in [-0.2, 0) is 16.1 Å². The van der Waals surface area contributed by atoms with E-state index >= 15 is 0 Å². The first-order chi connectivity index (χ1) is 13.5. The van der Waals surface area contributed by atoms with E-state index in [2.05, 4.69) is 10.6 Å². The molecule has 0 spiro atoms. The van der Waals surface area contributed by atoms with Crippen LogP contribution in [0.25, 0.3) is 11.1 Å². The molecule has 3 aromatic rings. The fourth-order valence-electron chi connectivity index (χ4n) is 2.58. The molecule has 2 aromatic carbocycles. The third kappa shape index (κ3) is 5.25. The van der Waals surface area contributed by atoms with Gasteiger partial charge in [0.05, 0.1) is 6.10 Å². The Hall–Kier alpha value is -3.03. The molecule has 0 aliphatic carbocycles. The van der Waals surface area contributed by atoms with Crippen LogP contribution in [0.5, 0.6) is 0 Å². The molecule has 7 heteroatoms. The normalized spacial score (nSPS) is 11.6. The second-order valence-corrected chi connectivity index (χ2v) is 6.95. The van der Waals surface area contributed by atoms with Crippen molar-refractivity contribution in [1.82, 2.24) is 10.6 Å². The number of aliphatic hydroxyl groups is 1. The van der Waals surface area contributed by atoms with Crippen molar-refractivity contribution in [3.63, 3.8) is 0 Å². The van der Waals surface area contributed by atoms with E-state index in [1.807, 2.05) is 29.0 Å². The van der Waals surface area contributed by atoms with Gasteiger partial charge in [-0.2, -0.15) is 11.3 Å². The number of halogens is 1. The monoisotopic (exact) mass is 398 g/mol. The summed E-state index contributed by atoms with van der Waals surface area (Å²) in [5.41, 5.74) is 3.47. The second kappa shape index (κ2) is 9.25. The van der Waals surface area contributed by atoms with Gasteiger partial charge >= 0.3 is 11.8 Å². The van der Waals surface area contributed by atoms with Crippen LogP contribution in [0, 0.1) is 5.82 Å². The Kier molecular flexibility index (Phi) is 6.52. The van der Waals surface area contributed by atoms with Gasteiger partial charge in [-0.3, -0.25) is 9.59 Å². The highest BCUT2D eigenvalue weighted by molar-refractivity contribution is 7.08. The van der Waals surface area contributed by atoms with E-state index in [9.17, 15) is 19.1 Å². The predicted molar refractivity (Wildman–Crippen MR) is 106 cm³/mol. The second-order valence-electron chi connectivity index (χ2n) is 6.17. The first-order valence-corrected chi connectivity index (χ1v) is 9.58. The van der Waals surface area contributed by atoms with Gasteiger partial charge in [-0.1, -0.05) is 36.4 Å². The van der Waals surface area contributed by atoms with Crippen LogP contribution in [0.15, 0.2) is 65.4 Å². The molecule has 0 saturated heterocycles. The highest BCUT2D eigenvalue weighted by atomic mass is 32.1. The Bertz CT molecular complexity index is 925. The van der Waals surface area contributed by atoms with E-state index in [-0.39, 0.29) is 18.9 Å². The Morgan fingerprint density at radius 2 is 1.61 bits per heavy atom. The van der Waals surface area contributed by atoms with Crippen molar-refractivity contribution in [3.8, 4) is 11.1 Å². The molecule has 1 atom stereocenters. The minimum Gasteiger partial charge on any atom is -0.387 e. The van der Waals surface area contributed by atoms with Gasteiger partial charge < -0.3 is 15.7 Å². The summed E-state index contributed by atoms with van der Waals surface area (Å²) in [5, 5.41) is 19.1. The summed E-state index contributed by atoms with van der Waals surface area (Å²) in [6, 6.07) is 15.0. The predicted octanol–water partition coefficient (Wildman–Crippen LogP) is 3.02. The van der Waals surface area contributed by atoms with E-state index in [1.54, 1.807) is 23.5 Å². The van der Waals surface area contributed by atoms with Gasteiger partial charge in [0.25, 0.3) is 0 Å². The average Bonchev–Trinajstić information content (AvgIpc) is 3.26. The fourth-order valence-corrected chi connectivity index (χ4v) is 3.24. The highest BCUT2D eigenvalue weighted by Gasteiger charge is 2.15.